The van der Waals surface area contributed by atoms with Crippen molar-refractivity contribution < 1.29 is 0 Å². The van der Waals surface area contributed by atoms with E-state index in [-0.39, 0.29) is 13.6 Å². The van der Waals surface area contributed by atoms with Crippen LogP contribution in [0.1, 0.15) is 0 Å². The van der Waals surface area contributed by atoms with E-state index in [1.54, 1.807) is 0 Å². The van der Waals surface area contributed by atoms with Gasteiger partial charge in [0.2, 0.25) is 0 Å². The fourth-order valence-corrected chi connectivity index (χ4v) is 0. The van der Waals surface area contributed by atoms with Crippen molar-refractivity contribution in [1.82, 2.24) is 0 Å². The van der Waals surface area contributed by atoms with Crippen molar-refractivity contribution in [2.24, 2.45) is 0 Å². The highest BCUT2D eigenvalue weighted by Crippen LogP contribution is 1.94. The van der Waals surface area contributed by atoms with Gasteiger partial charge in [-0.25, -0.2) is 0 Å². The third-order valence-corrected chi connectivity index (χ3v) is 0. The third kappa shape index (κ3) is 8010. The Morgan fingerprint density at radius 1 is 0.833 bits per heavy atom. The van der Waals surface area contributed by atoms with Gasteiger partial charge >= 0.3 is 0 Å². The lowest BCUT2D eigenvalue weighted by molar-refractivity contribution is 1.71. The molecule has 0 radical (unpaired) electrons. The maximum atomic E-state index is 2.25. The predicted octanol–water partition coefficient (Wildman–Crippen LogP) is 2.40. The zero-order valence-corrected chi connectivity index (χ0v) is 5.58. The molecule has 6 heavy (non-hydrogen) atoms. The van der Waals surface area contributed by atoms with E-state index in [1.807, 2.05) is 0 Å². The van der Waals surface area contributed by atoms with Crippen molar-refractivity contribution in [3.8, 4) is 0 Å². The molecular formula is C5H15B. The first-order valence-corrected chi connectivity index (χ1v) is 2.31. The average molecular weight is 86.0 g/mol. The van der Waals surface area contributed by atoms with E-state index in [4.69, 9.17) is 0 Å². The zero-order chi connectivity index (χ0) is 4.50. The Labute approximate surface area is 41.9 Å². The van der Waals surface area contributed by atoms with Gasteiger partial charge in [0.1, 0.15) is 0 Å². The van der Waals surface area contributed by atoms with E-state index in [2.05, 4.69) is 27.3 Å². The highest BCUT2D eigenvalue weighted by Gasteiger charge is 1.90. The molecule has 0 aliphatic rings. The lowest BCUT2D eigenvalue weighted by Crippen LogP contribution is -2.10. The van der Waals surface area contributed by atoms with Gasteiger partial charge in [0.05, 0.1) is 0 Å². The van der Waals surface area contributed by atoms with Crippen molar-refractivity contribution in [3.05, 3.63) is 7.43 Å². The molecule has 38 valence electrons. The zero-order valence-electron chi connectivity index (χ0n) is 5.58. The standard InChI is InChI=1S/C4H12B.CH3/c1-5(2,3)4;/h1-4H3;1H3/q-1;+1. The normalized spacial score (nSPS) is 10.0. The second-order valence-corrected chi connectivity index (χ2v) is 3.46. The molecule has 0 aliphatic carbocycles. The van der Waals surface area contributed by atoms with E-state index in [0.29, 0.717) is 0 Å². The van der Waals surface area contributed by atoms with E-state index in [0.717, 1.165) is 0 Å². The molecule has 0 amide bonds. The van der Waals surface area contributed by atoms with Gasteiger partial charge in [-0.3, -0.25) is 0 Å². The van der Waals surface area contributed by atoms with Gasteiger partial charge in [-0.05, 0) is 6.15 Å². The number of hydrogen-bond donors (Lipinski definition) is 0. The summed E-state index contributed by atoms with van der Waals surface area (Å²) < 4.78 is 0. The Balaban J connectivity index is 0. The molecule has 0 fully saturated rings. The summed E-state index contributed by atoms with van der Waals surface area (Å²) in [5.41, 5.74) is 0. The monoisotopic (exact) mass is 86.1 g/mol. The molecule has 0 N–H and O–H groups in total. The van der Waals surface area contributed by atoms with Crippen LogP contribution in [0.15, 0.2) is 0 Å². The van der Waals surface area contributed by atoms with Gasteiger partial charge in [0, 0.05) is 7.43 Å². The molecular weight excluding hydrogens is 70.9 g/mol. The van der Waals surface area contributed by atoms with Crippen LogP contribution < -0.4 is 0 Å². The summed E-state index contributed by atoms with van der Waals surface area (Å²) in [6, 6.07) is 0. The van der Waals surface area contributed by atoms with Gasteiger partial charge < -0.3 is 0 Å². The first kappa shape index (κ1) is 9.33. The van der Waals surface area contributed by atoms with Crippen molar-refractivity contribution in [2.75, 3.05) is 0 Å². The second kappa shape index (κ2) is 2.17. The molecule has 0 atom stereocenters. The van der Waals surface area contributed by atoms with Gasteiger partial charge in [0.15, 0.2) is 0 Å². The maximum absolute atomic E-state index is 2.25. The summed E-state index contributed by atoms with van der Waals surface area (Å²) in [6.45, 7) is 9.00. The molecule has 1 heteroatoms. The highest BCUT2D eigenvalue weighted by atomic mass is 13.5. The Morgan fingerprint density at radius 2 is 0.833 bits per heavy atom. The highest BCUT2D eigenvalue weighted by molar-refractivity contribution is 6.74. The fourth-order valence-electron chi connectivity index (χ4n) is 0. The Kier molecular flexibility index (Phi) is 3.38. The summed E-state index contributed by atoms with van der Waals surface area (Å²) in [7, 11) is 0. The summed E-state index contributed by atoms with van der Waals surface area (Å²) in [6.07, 6.45) is 0. The van der Waals surface area contributed by atoms with Crippen LogP contribution in [0.2, 0.25) is 27.3 Å². The molecule has 0 bridgehead atoms. The molecule has 0 aliphatic heterocycles. The quantitative estimate of drug-likeness (QED) is 0.313. The molecule has 0 unspecified atom stereocenters. The minimum Gasteiger partial charge on any atom is -0.191 e. The fraction of sp³-hybridized carbons (Fsp3) is 0.800. The number of rotatable bonds is 0. The molecule has 0 aromatic rings. The summed E-state index contributed by atoms with van der Waals surface area (Å²) >= 11 is 0. The lowest BCUT2D eigenvalue weighted by atomic mass is 9.32. The van der Waals surface area contributed by atoms with Crippen LogP contribution >= 0.6 is 0 Å². The lowest BCUT2D eigenvalue weighted by Gasteiger charge is -2.10. The van der Waals surface area contributed by atoms with Crippen LogP contribution in [-0.2, 0) is 0 Å². The molecule has 0 saturated heterocycles. The molecule has 0 spiro atoms. The Hall–Kier alpha value is -0.0651. The molecule has 0 aromatic carbocycles. The largest absolute Gasteiger partial charge is 0.191 e. The van der Waals surface area contributed by atoms with Gasteiger partial charge in [-0.15, -0.1) is 0 Å². The molecule has 0 rings (SSSR count). The topological polar surface area (TPSA) is 0 Å². The first-order chi connectivity index (χ1) is 2.00. The third-order valence-electron chi connectivity index (χ3n) is 0. The minimum atomic E-state index is 0. The SMILES string of the molecule is C[B-](C)(C)C.[CH3+]. The van der Waals surface area contributed by atoms with Crippen LogP contribution in [0, 0.1) is 7.43 Å². The van der Waals surface area contributed by atoms with Crippen LogP contribution in [0.4, 0.5) is 0 Å². The predicted molar refractivity (Wildman–Crippen MR) is 35.6 cm³/mol. The van der Waals surface area contributed by atoms with E-state index in [9.17, 15) is 0 Å². The smallest absolute Gasteiger partial charge is 0.0467 e. The van der Waals surface area contributed by atoms with E-state index >= 15 is 0 Å². The van der Waals surface area contributed by atoms with Crippen molar-refractivity contribution >= 4 is 6.15 Å². The summed E-state index contributed by atoms with van der Waals surface area (Å²) in [4.78, 5) is 0. The minimum absolute atomic E-state index is 0. The Bertz CT molecular complexity index is 19.4. The number of hydrogen-bond acceptors (Lipinski definition) is 0. The second-order valence-electron chi connectivity index (χ2n) is 3.46. The average Bonchev–Trinajstić information content (AvgIpc) is 0.722. The van der Waals surface area contributed by atoms with E-state index in [1.165, 1.54) is 0 Å². The molecule has 0 heterocycles. The van der Waals surface area contributed by atoms with Crippen LogP contribution in [0.25, 0.3) is 0 Å². The van der Waals surface area contributed by atoms with Crippen molar-refractivity contribution in [3.63, 3.8) is 0 Å². The van der Waals surface area contributed by atoms with Gasteiger partial charge in [-0.2, -0.15) is 27.3 Å². The van der Waals surface area contributed by atoms with Crippen LogP contribution in [0.5, 0.6) is 0 Å². The Morgan fingerprint density at radius 3 is 0.833 bits per heavy atom. The molecule has 0 aromatic heterocycles. The maximum Gasteiger partial charge on any atom is 0.0467 e. The summed E-state index contributed by atoms with van der Waals surface area (Å²) in [5, 5.41) is 0. The molecule has 0 saturated carbocycles. The first-order valence-electron chi connectivity index (χ1n) is 2.31. The van der Waals surface area contributed by atoms with E-state index < -0.39 is 0 Å². The van der Waals surface area contributed by atoms with Crippen molar-refractivity contribution in [1.29, 1.82) is 0 Å². The van der Waals surface area contributed by atoms with Crippen LogP contribution in [0.3, 0.4) is 0 Å². The summed E-state index contributed by atoms with van der Waals surface area (Å²) in [5.74, 6) is 0. The van der Waals surface area contributed by atoms with Crippen molar-refractivity contribution in [2.45, 2.75) is 27.3 Å². The van der Waals surface area contributed by atoms with Gasteiger partial charge in [-0.1, -0.05) is 0 Å². The van der Waals surface area contributed by atoms with Crippen LogP contribution in [-0.4, -0.2) is 6.15 Å². The van der Waals surface area contributed by atoms with Gasteiger partial charge in [0.25, 0.3) is 0 Å². The molecule has 0 nitrogen and oxygen atoms in total.